The number of fused-ring (bicyclic) bond motifs is 5. The fraction of sp³-hybridized carbons (Fsp3) is 0.875. The predicted molar refractivity (Wildman–Crippen MR) is 146 cm³/mol. The van der Waals surface area contributed by atoms with Gasteiger partial charge in [-0.15, -0.1) is 0 Å². The van der Waals surface area contributed by atoms with Crippen molar-refractivity contribution in [2.75, 3.05) is 0 Å². The number of ether oxygens (including phenoxy) is 4. The van der Waals surface area contributed by atoms with Crippen molar-refractivity contribution in [3.05, 3.63) is 11.6 Å². The minimum Gasteiger partial charge on any atom is -0.459 e. The van der Waals surface area contributed by atoms with Gasteiger partial charge in [0.05, 0.1) is 30.3 Å². The van der Waals surface area contributed by atoms with Crippen molar-refractivity contribution in [1.29, 1.82) is 0 Å². The molecule has 0 aromatic rings. The monoisotopic (exact) mass is 560 g/mol. The number of carbonyl (C=O) groups is 2. The lowest BCUT2D eigenvalue weighted by Crippen LogP contribution is -2.66. The SMILES string of the molecule is CC(=O)O[C@@H]1O[C@@H]([C@@H]2OC2(C)C)C[C@H]1[C@@H]1CC=C2[C@]3(C)[C@H](O)C[C@H]4C(C)(C)OC(=O)C[C@H](O)[C@]4(C)[C@H]3CC[C@]21C. The number of esters is 2. The Morgan fingerprint density at radius 3 is 2.30 bits per heavy atom. The molecule has 40 heavy (non-hydrogen) atoms. The van der Waals surface area contributed by atoms with Crippen LogP contribution >= 0.6 is 0 Å². The first-order valence-electron chi connectivity index (χ1n) is 15.3. The normalized spacial score (nSPS) is 52.4. The number of aliphatic hydroxyl groups is 2. The van der Waals surface area contributed by atoms with Crippen molar-refractivity contribution in [2.45, 2.75) is 136 Å². The molecule has 2 N–H and O–H groups in total. The second-order valence-corrected chi connectivity index (χ2v) is 15.4. The minimum absolute atomic E-state index is 0.00694. The van der Waals surface area contributed by atoms with Crippen LogP contribution in [-0.4, -0.2) is 64.1 Å². The Kier molecular flexibility index (Phi) is 6.28. The standard InChI is InChI=1S/C32H48O8/c1-16(33)37-27-17(13-19(38-27)26-29(4,5)40-26)18-9-10-20-30(18,6)12-11-21-31(20,7)23(34)14-22-28(2,3)39-25(36)15-24(35)32(21,22)8/h10,17-19,21-24,26-27,34-35H,9,11-15H2,1-8H3/t17-,18-,19+,21-,22-,23+,24-,26-,27+,30-,31-,32+/m0/s1. The van der Waals surface area contributed by atoms with Gasteiger partial charge in [-0.2, -0.15) is 0 Å². The molecular formula is C32H48O8. The number of hydrogen-bond acceptors (Lipinski definition) is 8. The molecule has 0 radical (unpaired) electrons. The predicted octanol–water partition coefficient (Wildman–Crippen LogP) is 4.30. The highest BCUT2D eigenvalue weighted by atomic mass is 16.7. The molecule has 6 rings (SSSR count). The second-order valence-electron chi connectivity index (χ2n) is 15.4. The molecule has 0 spiro atoms. The van der Waals surface area contributed by atoms with E-state index in [1.165, 1.54) is 12.5 Å². The van der Waals surface area contributed by atoms with E-state index in [9.17, 15) is 19.8 Å². The van der Waals surface area contributed by atoms with Crippen LogP contribution in [0.15, 0.2) is 11.6 Å². The van der Waals surface area contributed by atoms with E-state index >= 15 is 0 Å². The molecule has 12 atom stereocenters. The Labute approximate surface area is 238 Å². The van der Waals surface area contributed by atoms with Gasteiger partial charge >= 0.3 is 11.9 Å². The molecule has 0 unspecified atom stereocenters. The van der Waals surface area contributed by atoms with E-state index in [0.29, 0.717) is 6.42 Å². The summed E-state index contributed by atoms with van der Waals surface area (Å²) in [4.78, 5) is 24.7. The van der Waals surface area contributed by atoms with Crippen molar-refractivity contribution in [3.63, 3.8) is 0 Å². The molecule has 3 heterocycles. The molecule has 8 nitrogen and oxygen atoms in total. The number of rotatable bonds is 3. The first-order valence-corrected chi connectivity index (χ1v) is 15.3. The molecule has 3 aliphatic heterocycles. The van der Waals surface area contributed by atoms with Gasteiger partial charge in [0, 0.05) is 29.6 Å². The van der Waals surface area contributed by atoms with Crippen LogP contribution < -0.4 is 0 Å². The van der Waals surface area contributed by atoms with Crippen molar-refractivity contribution < 1.29 is 38.7 Å². The van der Waals surface area contributed by atoms with Crippen molar-refractivity contribution >= 4 is 11.9 Å². The highest BCUT2D eigenvalue weighted by Gasteiger charge is 2.70. The minimum atomic E-state index is -0.843. The first-order chi connectivity index (χ1) is 18.5. The summed E-state index contributed by atoms with van der Waals surface area (Å²) < 4.78 is 23.9. The van der Waals surface area contributed by atoms with Crippen LogP contribution in [0.3, 0.4) is 0 Å². The second kappa shape index (κ2) is 8.77. The smallest absolute Gasteiger partial charge is 0.308 e. The fourth-order valence-electron chi connectivity index (χ4n) is 10.6. The maximum absolute atomic E-state index is 12.7. The van der Waals surface area contributed by atoms with Gasteiger partial charge in [0.15, 0.2) is 0 Å². The molecule has 0 aromatic heterocycles. The molecule has 0 amide bonds. The lowest BCUT2D eigenvalue weighted by atomic mass is 9.39. The summed E-state index contributed by atoms with van der Waals surface area (Å²) in [6.07, 6.45) is 3.83. The van der Waals surface area contributed by atoms with E-state index in [0.717, 1.165) is 25.7 Å². The van der Waals surface area contributed by atoms with E-state index in [1.54, 1.807) is 0 Å². The highest BCUT2D eigenvalue weighted by Crippen LogP contribution is 2.72. The molecule has 2 saturated carbocycles. The van der Waals surface area contributed by atoms with Crippen LogP contribution in [0.1, 0.15) is 93.9 Å². The third-order valence-corrected chi connectivity index (χ3v) is 12.6. The van der Waals surface area contributed by atoms with Crippen LogP contribution in [0.25, 0.3) is 0 Å². The fourth-order valence-corrected chi connectivity index (χ4v) is 10.6. The third kappa shape index (κ3) is 3.84. The van der Waals surface area contributed by atoms with Crippen LogP contribution in [0.2, 0.25) is 0 Å². The maximum atomic E-state index is 12.7. The summed E-state index contributed by atoms with van der Waals surface area (Å²) in [5.41, 5.74) is -1.14. The average molecular weight is 561 g/mol. The molecule has 6 aliphatic rings. The summed E-state index contributed by atoms with van der Waals surface area (Å²) in [6.45, 7) is 16.0. The lowest BCUT2D eigenvalue weighted by molar-refractivity contribution is -0.215. The van der Waals surface area contributed by atoms with E-state index in [4.69, 9.17) is 18.9 Å². The largest absolute Gasteiger partial charge is 0.459 e. The summed E-state index contributed by atoms with van der Waals surface area (Å²) in [5, 5.41) is 23.6. The van der Waals surface area contributed by atoms with E-state index < -0.39 is 34.9 Å². The summed E-state index contributed by atoms with van der Waals surface area (Å²) >= 11 is 0. The van der Waals surface area contributed by atoms with E-state index in [2.05, 4.69) is 40.7 Å². The van der Waals surface area contributed by atoms with Crippen molar-refractivity contribution in [3.8, 4) is 0 Å². The first kappa shape index (κ1) is 28.6. The maximum Gasteiger partial charge on any atom is 0.308 e. The van der Waals surface area contributed by atoms with Gasteiger partial charge in [0.25, 0.3) is 0 Å². The molecule has 3 saturated heterocycles. The molecule has 5 fully saturated rings. The molecule has 0 bridgehead atoms. The Balaban J connectivity index is 1.34. The Morgan fingerprint density at radius 1 is 1.00 bits per heavy atom. The lowest BCUT2D eigenvalue weighted by Gasteiger charge is -2.66. The number of allylic oxidation sites excluding steroid dienone is 1. The zero-order chi connectivity index (χ0) is 29.2. The summed E-state index contributed by atoms with van der Waals surface area (Å²) in [6, 6.07) is 0. The Hall–Kier alpha value is -1.48. The summed E-state index contributed by atoms with van der Waals surface area (Å²) in [7, 11) is 0. The molecule has 0 aromatic carbocycles. The number of carbonyl (C=O) groups excluding carboxylic acids is 2. The Morgan fingerprint density at radius 2 is 1.68 bits per heavy atom. The van der Waals surface area contributed by atoms with Crippen LogP contribution in [0, 0.1) is 39.9 Å². The zero-order valence-corrected chi connectivity index (χ0v) is 25.4. The topological polar surface area (TPSA) is 115 Å². The number of hydrogen-bond donors (Lipinski definition) is 2. The van der Waals surface area contributed by atoms with Crippen molar-refractivity contribution in [2.24, 2.45) is 39.9 Å². The van der Waals surface area contributed by atoms with Crippen LogP contribution in [0.4, 0.5) is 0 Å². The third-order valence-electron chi connectivity index (χ3n) is 12.6. The van der Waals surface area contributed by atoms with Crippen LogP contribution in [0.5, 0.6) is 0 Å². The average Bonchev–Trinajstić information content (AvgIpc) is 3.14. The van der Waals surface area contributed by atoms with Gasteiger partial charge in [0.1, 0.15) is 11.7 Å². The molecule has 224 valence electrons. The number of aliphatic hydroxyl groups excluding tert-OH is 2. The highest BCUT2D eigenvalue weighted by molar-refractivity contribution is 5.71. The number of cyclic esters (lactones) is 1. The van der Waals surface area contributed by atoms with Gasteiger partial charge in [-0.05, 0) is 77.0 Å². The molecular weight excluding hydrogens is 512 g/mol. The quantitative estimate of drug-likeness (QED) is 0.298. The Bertz CT molecular complexity index is 1130. The van der Waals surface area contributed by atoms with Gasteiger partial charge in [-0.25, -0.2) is 0 Å². The number of epoxide rings is 1. The van der Waals surface area contributed by atoms with Crippen LogP contribution in [-0.2, 0) is 28.5 Å². The molecule has 8 heteroatoms. The van der Waals surface area contributed by atoms with Crippen molar-refractivity contribution in [1.82, 2.24) is 0 Å². The zero-order valence-electron chi connectivity index (χ0n) is 25.4. The van der Waals surface area contributed by atoms with Gasteiger partial charge in [-0.1, -0.05) is 32.4 Å². The van der Waals surface area contributed by atoms with Gasteiger partial charge < -0.3 is 29.2 Å². The van der Waals surface area contributed by atoms with Gasteiger partial charge in [-0.3, -0.25) is 9.59 Å². The van der Waals surface area contributed by atoms with E-state index in [1.807, 2.05) is 13.8 Å². The van der Waals surface area contributed by atoms with E-state index in [-0.39, 0.29) is 65.3 Å². The van der Waals surface area contributed by atoms with Gasteiger partial charge in [0.2, 0.25) is 6.29 Å². The molecule has 3 aliphatic carbocycles. The summed E-state index contributed by atoms with van der Waals surface area (Å²) in [5.74, 6) is -0.703.